The van der Waals surface area contributed by atoms with E-state index in [1.165, 1.54) is 31.3 Å². The summed E-state index contributed by atoms with van der Waals surface area (Å²) in [7, 11) is 1.59. The first kappa shape index (κ1) is 15.1. The lowest BCUT2D eigenvalue weighted by atomic mass is 9.97. The number of halogens is 1. The largest absolute Gasteiger partial charge is 0.393 e. The lowest BCUT2D eigenvalue weighted by molar-refractivity contribution is 0.178. The zero-order chi connectivity index (χ0) is 14.4. The van der Waals surface area contributed by atoms with Crippen molar-refractivity contribution >= 4 is 23.1 Å². The third-order valence-corrected chi connectivity index (χ3v) is 3.63. The van der Waals surface area contributed by atoms with Crippen LogP contribution in [0.5, 0.6) is 0 Å². The van der Waals surface area contributed by atoms with E-state index >= 15 is 0 Å². The van der Waals surface area contributed by atoms with Crippen molar-refractivity contribution in [1.29, 1.82) is 0 Å². The van der Waals surface area contributed by atoms with Gasteiger partial charge in [-0.1, -0.05) is 23.3 Å². The molecule has 0 unspecified atom stereocenters. The monoisotopic (exact) mass is 296 g/mol. The highest BCUT2D eigenvalue weighted by Gasteiger charge is 2.10. The van der Waals surface area contributed by atoms with Crippen LogP contribution in [0.2, 0.25) is 5.15 Å². The molecular weight excluding hydrogens is 276 g/mol. The Morgan fingerprint density at radius 3 is 2.95 bits per heavy atom. The van der Waals surface area contributed by atoms with Crippen LogP contribution in [0, 0.1) is 0 Å². The number of hydrogen-bond donors (Lipinski definition) is 2. The van der Waals surface area contributed by atoms with Crippen LogP contribution in [0.3, 0.4) is 0 Å². The highest BCUT2D eigenvalue weighted by atomic mass is 35.5. The van der Waals surface area contributed by atoms with Crippen LogP contribution >= 0.6 is 11.6 Å². The summed E-state index contributed by atoms with van der Waals surface area (Å²) < 4.78 is 5.02. The Morgan fingerprint density at radius 2 is 2.25 bits per heavy atom. The minimum Gasteiger partial charge on any atom is -0.393 e. The molecule has 20 heavy (non-hydrogen) atoms. The van der Waals surface area contributed by atoms with Crippen LogP contribution in [-0.2, 0) is 11.3 Å². The fourth-order valence-corrected chi connectivity index (χ4v) is 2.47. The van der Waals surface area contributed by atoms with E-state index in [0.29, 0.717) is 23.9 Å². The third-order valence-electron chi connectivity index (χ3n) is 3.34. The quantitative estimate of drug-likeness (QED) is 0.623. The van der Waals surface area contributed by atoms with E-state index in [1.807, 2.05) is 0 Å². The van der Waals surface area contributed by atoms with Gasteiger partial charge in [0.15, 0.2) is 16.8 Å². The molecule has 0 fully saturated rings. The molecule has 1 aliphatic carbocycles. The highest BCUT2D eigenvalue weighted by Crippen LogP contribution is 2.25. The molecule has 0 amide bonds. The fraction of sp³-hybridized carbons (Fsp3) is 0.571. The van der Waals surface area contributed by atoms with Crippen molar-refractivity contribution in [1.82, 2.24) is 9.97 Å². The fourth-order valence-electron chi connectivity index (χ4n) is 2.29. The molecule has 0 saturated carbocycles. The van der Waals surface area contributed by atoms with Crippen LogP contribution in [0.15, 0.2) is 11.6 Å². The minimum absolute atomic E-state index is 0.270. The van der Waals surface area contributed by atoms with Crippen molar-refractivity contribution in [2.75, 3.05) is 24.7 Å². The average Bonchev–Trinajstić information content (AvgIpc) is 2.45. The molecule has 0 aliphatic heterocycles. The van der Waals surface area contributed by atoms with Gasteiger partial charge in [0.25, 0.3) is 0 Å². The number of methoxy groups -OCH3 is 1. The maximum Gasteiger partial charge on any atom is 0.158 e. The van der Waals surface area contributed by atoms with Crippen LogP contribution in [0.4, 0.5) is 11.5 Å². The van der Waals surface area contributed by atoms with Gasteiger partial charge < -0.3 is 15.8 Å². The summed E-state index contributed by atoms with van der Waals surface area (Å²) in [6.45, 7) is 1.12. The number of rotatable bonds is 6. The van der Waals surface area contributed by atoms with Gasteiger partial charge in [0.05, 0.1) is 0 Å². The number of nitrogen functional groups attached to an aromatic ring is 1. The molecule has 1 aromatic heterocycles. The zero-order valence-electron chi connectivity index (χ0n) is 11.8. The van der Waals surface area contributed by atoms with Gasteiger partial charge in [-0.3, -0.25) is 0 Å². The molecule has 0 bridgehead atoms. The Bertz CT molecular complexity index is 490. The molecule has 0 atom stereocenters. The Hall–Kier alpha value is -1.33. The number of allylic oxidation sites excluding steroid dienone is 1. The van der Waals surface area contributed by atoms with Crippen molar-refractivity contribution in [2.45, 2.75) is 38.7 Å². The second-order valence-corrected chi connectivity index (χ2v) is 5.27. The number of nitrogens with zero attached hydrogens (tertiary/aromatic N) is 2. The lowest BCUT2D eigenvalue weighted by Gasteiger charge is -2.14. The van der Waals surface area contributed by atoms with E-state index in [-0.39, 0.29) is 5.15 Å². The molecule has 6 heteroatoms. The van der Waals surface area contributed by atoms with Crippen LogP contribution in [0.25, 0.3) is 0 Å². The van der Waals surface area contributed by atoms with E-state index in [1.54, 1.807) is 7.11 Å². The van der Waals surface area contributed by atoms with Crippen molar-refractivity contribution in [3.05, 3.63) is 22.6 Å². The van der Waals surface area contributed by atoms with Gasteiger partial charge in [0.1, 0.15) is 12.3 Å². The number of nitrogens with one attached hydrogen (secondary N) is 1. The van der Waals surface area contributed by atoms with Gasteiger partial charge in [-0.15, -0.1) is 0 Å². The van der Waals surface area contributed by atoms with Crippen LogP contribution in [0.1, 0.15) is 37.9 Å². The molecule has 0 aromatic carbocycles. The number of hydrogen-bond acceptors (Lipinski definition) is 5. The summed E-state index contributed by atoms with van der Waals surface area (Å²) in [6.07, 6.45) is 8.38. The van der Waals surface area contributed by atoms with Gasteiger partial charge in [0.2, 0.25) is 0 Å². The van der Waals surface area contributed by atoms with Crippen LogP contribution < -0.4 is 11.1 Å². The summed E-state index contributed by atoms with van der Waals surface area (Å²) in [5.41, 5.74) is 7.80. The molecule has 5 nitrogen and oxygen atoms in total. The van der Waals surface area contributed by atoms with E-state index in [2.05, 4.69) is 21.4 Å². The number of anilines is 2. The molecule has 0 spiro atoms. The summed E-state index contributed by atoms with van der Waals surface area (Å²) in [5, 5.41) is 3.51. The first-order valence-corrected chi connectivity index (χ1v) is 7.31. The Balaban J connectivity index is 1.95. The molecule has 1 heterocycles. The second kappa shape index (κ2) is 7.45. The standard InChI is InChI=1S/C14H21ClN4O/c1-20-9-11-18-13(15)12(16)14(19-11)17-8-7-10-5-3-2-4-6-10/h5H,2-4,6-9,16H2,1H3,(H,17,18,19). The molecule has 110 valence electrons. The second-order valence-electron chi connectivity index (χ2n) is 4.91. The van der Waals surface area contributed by atoms with Crippen molar-refractivity contribution in [2.24, 2.45) is 0 Å². The average molecular weight is 297 g/mol. The summed E-state index contributed by atoms with van der Waals surface area (Å²) in [5.74, 6) is 1.12. The van der Waals surface area contributed by atoms with E-state index in [0.717, 1.165) is 13.0 Å². The summed E-state index contributed by atoms with van der Waals surface area (Å²) in [6, 6.07) is 0. The number of ether oxygens (including phenoxy) is 1. The number of nitrogens with two attached hydrogens (primary N) is 1. The molecule has 0 radical (unpaired) electrons. The number of aromatic nitrogens is 2. The highest BCUT2D eigenvalue weighted by molar-refractivity contribution is 6.32. The Kier molecular flexibility index (Phi) is 5.61. The maximum absolute atomic E-state index is 6.00. The normalized spacial score (nSPS) is 15.0. The van der Waals surface area contributed by atoms with Gasteiger partial charge in [-0.25, -0.2) is 9.97 Å². The van der Waals surface area contributed by atoms with Crippen molar-refractivity contribution < 1.29 is 4.74 Å². The lowest BCUT2D eigenvalue weighted by Crippen LogP contribution is -2.11. The molecular formula is C14H21ClN4O. The molecule has 1 aromatic rings. The zero-order valence-corrected chi connectivity index (χ0v) is 12.5. The van der Waals surface area contributed by atoms with E-state index < -0.39 is 0 Å². The van der Waals surface area contributed by atoms with Gasteiger partial charge in [0, 0.05) is 13.7 Å². The molecule has 2 rings (SSSR count). The minimum atomic E-state index is 0.270. The van der Waals surface area contributed by atoms with Crippen molar-refractivity contribution in [3.8, 4) is 0 Å². The van der Waals surface area contributed by atoms with Crippen molar-refractivity contribution in [3.63, 3.8) is 0 Å². The predicted molar refractivity (Wildman–Crippen MR) is 81.8 cm³/mol. The topological polar surface area (TPSA) is 73.1 Å². The summed E-state index contributed by atoms with van der Waals surface area (Å²) in [4.78, 5) is 8.40. The first-order chi connectivity index (χ1) is 9.70. The summed E-state index contributed by atoms with van der Waals surface area (Å²) >= 11 is 6.00. The SMILES string of the molecule is COCc1nc(Cl)c(N)c(NCCC2=CCCCC2)n1. The molecule has 0 saturated heterocycles. The molecule has 1 aliphatic rings. The first-order valence-electron chi connectivity index (χ1n) is 6.93. The molecule has 3 N–H and O–H groups in total. The maximum atomic E-state index is 6.00. The van der Waals surface area contributed by atoms with E-state index in [9.17, 15) is 0 Å². The van der Waals surface area contributed by atoms with E-state index in [4.69, 9.17) is 22.1 Å². The van der Waals surface area contributed by atoms with Gasteiger partial charge in [-0.2, -0.15) is 0 Å². The Morgan fingerprint density at radius 1 is 1.40 bits per heavy atom. The van der Waals surface area contributed by atoms with Gasteiger partial charge >= 0.3 is 0 Å². The Labute approximate surface area is 124 Å². The third kappa shape index (κ3) is 4.08. The van der Waals surface area contributed by atoms with Gasteiger partial charge in [-0.05, 0) is 32.1 Å². The van der Waals surface area contributed by atoms with Crippen LogP contribution in [-0.4, -0.2) is 23.6 Å². The predicted octanol–water partition coefficient (Wildman–Crippen LogP) is 3.16. The smallest absolute Gasteiger partial charge is 0.158 e.